The molecule has 98 valence electrons. The molecule has 0 aliphatic heterocycles. The number of rotatable bonds is 4. The molecule has 0 fully saturated rings. The van der Waals surface area contributed by atoms with Crippen LogP contribution in [0.3, 0.4) is 0 Å². The number of hydrogen-bond acceptors (Lipinski definition) is 3. The van der Waals surface area contributed by atoms with E-state index in [0.29, 0.717) is 0 Å². The van der Waals surface area contributed by atoms with Crippen LogP contribution in [0.25, 0.3) is 20.7 Å². The number of nitrogens with one attached hydrogen (secondary N) is 1. The molecule has 0 spiro atoms. The Morgan fingerprint density at radius 1 is 1.37 bits per heavy atom. The summed E-state index contributed by atoms with van der Waals surface area (Å²) in [4.78, 5) is 9.06. The van der Waals surface area contributed by atoms with Gasteiger partial charge in [0.15, 0.2) is 0 Å². The van der Waals surface area contributed by atoms with E-state index in [-0.39, 0.29) is 6.04 Å². The van der Waals surface area contributed by atoms with Gasteiger partial charge in [-0.15, -0.1) is 11.3 Å². The van der Waals surface area contributed by atoms with Gasteiger partial charge < -0.3 is 10.7 Å². The molecule has 1 atom stereocenters. The molecule has 0 aliphatic carbocycles. The van der Waals surface area contributed by atoms with Gasteiger partial charge in [0.25, 0.3) is 0 Å². The predicted molar refractivity (Wildman–Crippen MR) is 81.4 cm³/mol. The molecule has 0 amide bonds. The second-order valence-corrected chi connectivity index (χ2v) is 5.99. The van der Waals surface area contributed by atoms with Crippen molar-refractivity contribution in [3.05, 3.63) is 42.4 Å². The number of fused-ring (bicyclic) bond motifs is 1. The van der Waals surface area contributed by atoms with Crippen LogP contribution in [-0.4, -0.2) is 16.0 Å². The van der Waals surface area contributed by atoms with E-state index in [1.165, 1.54) is 15.0 Å². The molecule has 3 nitrogen and oxygen atoms in total. The summed E-state index contributed by atoms with van der Waals surface area (Å²) in [6.07, 6.45) is 3.78. The van der Waals surface area contributed by atoms with Crippen LogP contribution in [0, 0.1) is 0 Å². The van der Waals surface area contributed by atoms with Crippen LogP contribution in [0.15, 0.2) is 36.5 Å². The zero-order valence-electron chi connectivity index (χ0n) is 10.9. The molecule has 0 saturated carbocycles. The van der Waals surface area contributed by atoms with Crippen LogP contribution >= 0.6 is 11.3 Å². The lowest BCUT2D eigenvalue weighted by Crippen LogP contribution is -2.15. The van der Waals surface area contributed by atoms with E-state index in [1.807, 2.05) is 13.1 Å². The molecule has 2 aromatic heterocycles. The van der Waals surface area contributed by atoms with E-state index in [1.54, 1.807) is 11.3 Å². The minimum Gasteiger partial charge on any atom is -0.341 e. The van der Waals surface area contributed by atoms with Crippen molar-refractivity contribution in [1.82, 2.24) is 9.97 Å². The lowest BCUT2D eigenvalue weighted by atomic mass is 10.2. The predicted octanol–water partition coefficient (Wildman–Crippen LogP) is 3.57. The van der Waals surface area contributed by atoms with E-state index in [9.17, 15) is 0 Å². The quantitative estimate of drug-likeness (QED) is 0.762. The molecule has 3 rings (SSSR count). The van der Waals surface area contributed by atoms with Gasteiger partial charge in [-0.3, -0.25) is 0 Å². The van der Waals surface area contributed by atoms with Crippen LogP contribution in [0.4, 0.5) is 0 Å². The number of hydrogen-bond donors (Lipinski definition) is 2. The van der Waals surface area contributed by atoms with Crippen molar-refractivity contribution >= 4 is 21.4 Å². The van der Waals surface area contributed by atoms with Crippen molar-refractivity contribution in [1.29, 1.82) is 0 Å². The first-order chi connectivity index (χ1) is 9.22. The number of nitrogens with zero attached hydrogens (tertiary/aromatic N) is 1. The largest absolute Gasteiger partial charge is 0.341 e. The average molecular weight is 271 g/mol. The summed E-state index contributed by atoms with van der Waals surface area (Å²) in [6.45, 7) is 2.02. The third kappa shape index (κ3) is 2.69. The molecule has 3 N–H and O–H groups in total. The van der Waals surface area contributed by atoms with Gasteiger partial charge in [-0.1, -0.05) is 18.2 Å². The van der Waals surface area contributed by atoms with Gasteiger partial charge in [-0.05, 0) is 30.9 Å². The fourth-order valence-electron chi connectivity index (χ4n) is 2.09. The molecular formula is C15H17N3S. The Bertz CT molecular complexity index is 648. The maximum atomic E-state index is 5.77. The Balaban J connectivity index is 1.85. The van der Waals surface area contributed by atoms with Crippen molar-refractivity contribution in [3.63, 3.8) is 0 Å². The molecule has 1 aromatic carbocycles. The standard InChI is InChI=1S/C15H17N3S/c1-10(16)6-7-15-17-9-12(18-15)14-8-11-4-2-3-5-13(11)19-14/h2-5,8-10H,6-7,16H2,1H3,(H,17,18). The smallest absolute Gasteiger partial charge is 0.106 e. The number of benzene rings is 1. The highest BCUT2D eigenvalue weighted by Crippen LogP contribution is 2.32. The lowest BCUT2D eigenvalue weighted by Gasteiger charge is -2.01. The van der Waals surface area contributed by atoms with Crippen molar-refractivity contribution in [2.45, 2.75) is 25.8 Å². The maximum absolute atomic E-state index is 5.77. The van der Waals surface area contributed by atoms with Crippen LogP contribution in [0.5, 0.6) is 0 Å². The first-order valence-corrected chi connectivity index (χ1v) is 7.32. The van der Waals surface area contributed by atoms with Gasteiger partial charge in [0.1, 0.15) is 5.82 Å². The average Bonchev–Trinajstić information content (AvgIpc) is 3.02. The Morgan fingerprint density at radius 2 is 2.21 bits per heavy atom. The van der Waals surface area contributed by atoms with Gasteiger partial charge in [0, 0.05) is 17.2 Å². The minimum absolute atomic E-state index is 0.220. The van der Waals surface area contributed by atoms with Crippen LogP contribution in [-0.2, 0) is 6.42 Å². The van der Waals surface area contributed by atoms with Crippen LogP contribution in [0.2, 0.25) is 0 Å². The number of H-pyrrole nitrogens is 1. The summed E-state index contributed by atoms with van der Waals surface area (Å²) >= 11 is 1.79. The Labute approximate surface area is 116 Å². The second-order valence-electron chi connectivity index (χ2n) is 4.91. The summed E-state index contributed by atoms with van der Waals surface area (Å²) < 4.78 is 1.31. The molecule has 0 bridgehead atoms. The van der Waals surface area contributed by atoms with Gasteiger partial charge in [0.2, 0.25) is 0 Å². The van der Waals surface area contributed by atoms with Crippen LogP contribution < -0.4 is 5.73 Å². The highest BCUT2D eigenvalue weighted by molar-refractivity contribution is 7.22. The van der Waals surface area contributed by atoms with Gasteiger partial charge in [0.05, 0.1) is 16.8 Å². The second kappa shape index (κ2) is 5.15. The molecule has 19 heavy (non-hydrogen) atoms. The molecule has 4 heteroatoms. The topological polar surface area (TPSA) is 54.7 Å². The van der Waals surface area contributed by atoms with E-state index in [2.05, 4.69) is 40.3 Å². The number of aromatic nitrogens is 2. The molecule has 0 aliphatic rings. The number of thiophene rings is 1. The molecular weight excluding hydrogens is 254 g/mol. The Hall–Kier alpha value is -1.65. The third-order valence-electron chi connectivity index (χ3n) is 3.16. The first kappa shape index (κ1) is 12.4. The number of nitrogens with two attached hydrogens (primary N) is 1. The normalized spacial score (nSPS) is 12.9. The van der Waals surface area contributed by atoms with Crippen molar-refractivity contribution < 1.29 is 0 Å². The minimum atomic E-state index is 0.220. The number of aryl methyl sites for hydroxylation is 1. The summed E-state index contributed by atoms with van der Waals surface area (Å²) in [6, 6.07) is 10.9. The summed E-state index contributed by atoms with van der Waals surface area (Å²) in [5.41, 5.74) is 6.87. The van der Waals surface area contributed by atoms with Gasteiger partial charge in [-0.2, -0.15) is 0 Å². The fourth-order valence-corrected chi connectivity index (χ4v) is 3.12. The SMILES string of the molecule is CC(N)CCc1ncc(-c2cc3ccccc3s2)[nH]1. The van der Waals surface area contributed by atoms with Gasteiger partial charge in [-0.25, -0.2) is 4.98 Å². The van der Waals surface area contributed by atoms with Gasteiger partial charge >= 0.3 is 0 Å². The monoisotopic (exact) mass is 271 g/mol. The molecule has 2 heterocycles. The maximum Gasteiger partial charge on any atom is 0.106 e. The van der Waals surface area contributed by atoms with Crippen molar-refractivity contribution in [3.8, 4) is 10.6 Å². The molecule has 0 radical (unpaired) electrons. The fraction of sp³-hybridized carbons (Fsp3) is 0.267. The zero-order valence-corrected chi connectivity index (χ0v) is 11.7. The van der Waals surface area contributed by atoms with E-state index in [0.717, 1.165) is 24.4 Å². The van der Waals surface area contributed by atoms with Crippen molar-refractivity contribution in [2.75, 3.05) is 0 Å². The highest BCUT2D eigenvalue weighted by atomic mass is 32.1. The van der Waals surface area contributed by atoms with E-state index >= 15 is 0 Å². The zero-order chi connectivity index (χ0) is 13.2. The van der Waals surface area contributed by atoms with E-state index in [4.69, 9.17) is 5.73 Å². The first-order valence-electron chi connectivity index (χ1n) is 6.51. The Kier molecular flexibility index (Phi) is 3.36. The Morgan fingerprint density at radius 3 is 3.00 bits per heavy atom. The van der Waals surface area contributed by atoms with Crippen molar-refractivity contribution in [2.24, 2.45) is 5.73 Å². The number of imidazole rings is 1. The molecule has 1 unspecified atom stereocenters. The van der Waals surface area contributed by atoms with Crippen LogP contribution in [0.1, 0.15) is 19.2 Å². The highest BCUT2D eigenvalue weighted by Gasteiger charge is 2.07. The lowest BCUT2D eigenvalue weighted by molar-refractivity contribution is 0.652. The summed E-state index contributed by atoms with van der Waals surface area (Å²) in [5, 5.41) is 1.29. The summed E-state index contributed by atoms with van der Waals surface area (Å²) in [7, 11) is 0. The van der Waals surface area contributed by atoms with E-state index < -0.39 is 0 Å². The third-order valence-corrected chi connectivity index (χ3v) is 4.31. The molecule has 3 aromatic rings. The molecule has 0 saturated heterocycles. The summed E-state index contributed by atoms with van der Waals surface area (Å²) in [5.74, 6) is 1.02. The number of aromatic amines is 1.